The number of carbonyl (C=O) groups is 2. The molecule has 0 aromatic heterocycles. The van der Waals surface area contributed by atoms with E-state index < -0.39 is 17.7 Å². The van der Waals surface area contributed by atoms with Crippen molar-refractivity contribution in [1.82, 2.24) is 4.90 Å². The summed E-state index contributed by atoms with van der Waals surface area (Å²) >= 11 is 0. The summed E-state index contributed by atoms with van der Waals surface area (Å²) in [5.41, 5.74) is 1.56. The number of benzene rings is 2. The first-order chi connectivity index (χ1) is 13.1. The number of Topliss-reactive ketones (excluding diaryl/α,β-unsaturated/α-hetero) is 1. The maximum Gasteiger partial charge on any atom is 0.295 e. The van der Waals surface area contributed by atoms with E-state index in [1.54, 1.807) is 29.2 Å². The highest BCUT2D eigenvalue weighted by Crippen LogP contribution is 2.39. The van der Waals surface area contributed by atoms with Gasteiger partial charge in [-0.25, -0.2) is 0 Å². The molecule has 1 amide bonds. The molecule has 1 aliphatic heterocycles. The number of aliphatic hydroxyl groups is 1. The van der Waals surface area contributed by atoms with Crippen LogP contribution in [0.25, 0.3) is 5.76 Å². The van der Waals surface area contributed by atoms with Crippen LogP contribution in [0.5, 0.6) is 0 Å². The van der Waals surface area contributed by atoms with Crippen LogP contribution >= 0.6 is 0 Å². The molecule has 1 heterocycles. The number of nitrogens with zero attached hydrogens (tertiary/aromatic N) is 1. The van der Waals surface area contributed by atoms with Crippen LogP contribution in [0.4, 0.5) is 0 Å². The average molecular weight is 363 g/mol. The molecule has 0 aliphatic carbocycles. The van der Waals surface area contributed by atoms with E-state index in [4.69, 9.17) is 0 Å². The second-order valence-electron chi connectivity index (χ2n) is 6.83. The van der Waals surface area contributed by atoms with Crippen LogP contribution in [0.15, 0.2) is 66.2 Å². The van der Waals surface area contributed by atoms with Gasteiger partial charge in [0.2, 0.25) is 0 Å². The highest BCUT2D eigenvalue weighted by molar-refractivity contribution is 6.46. The lowest BCUT2D eigenvalue weighted by molar-refractivity contribution is -0.139. The van der Waals surface area contributed by atoms with Gasteiger partial charge in [0.25, 0.3) is 11.7 Å². The predicted octanol–water partition coefficient (Wildman–Crippen LogP) is 4.69. The van der Waals surface area contributed by atoms with Crippen molar-refractivity contribution in [1.29, 1.82) is 0 Å². The van der Waals surface area contributed by atoms with Crippen molar-refractivity contribution in [2.45, 2.75) is 38.6 Å². The molecule has 27 heavy (non-hydrogen) atoms. The fourth-order valence-corrected chi connectivity index (χ4v) is 3.55. The van der Waals surface area contributed by atoms with Crippen molar-refractivity contribution in [2.75, 3.05) is 6.54 Å². The zero-order valence-corrected chi connectivity index (χ0v) is 15.6. The van der Waals surface area contributed by atoms with Gasteiger partial charge in [-0.1, -0.05) is 86.8 Å². The summed E-state index contributed by atoms with van der Waals surface area (Å²) < 4.78 is 0. The van der Waals surface area contributed by atoms with Gasteiger partial charge in [-0.15, -0.1) is 0 Å². The fourth-order valence-electron chi connectivity index (χ4n) is 3.55. The summed E-state index contributed by atoms with van der Waals surface area (Å²) in [4.78, 5) is 27.1. The summed E-state index contributed by atoms with van der Waals surface area (Å²) in [5.74, 6) is -1.25. The van der Waals surface area contributed by atoms with Gasteiger partial charge in [-0.05, 0) is 12.0 Å². The molecule has 1 saturated heterocycles. The van der Waals surface area contributed by atoms with E-state index in [0.717, 1.165) is 31.2 Å². The molecule has 0 saturated carbocycles. The lowest BCUT2D eigenvalue weighted by atomic mass is 9.95. The van der Waals surface area contributed by atoms with Gasteiger partial charge < -0.3 is 10.0 Å². The van der Waals surface area contributed by atoms with Crippen LogP contribution in [0, 0.1) is 0 Å². The van der Waals surface area contributed by atoms with Crippen LogP contribution in [0.2, 0.25) is 0 Å². The molecule has 0 spiro atoms. The summed E-state index contributed by atoms with van der Waals surface area (Å²) in [5, 5.41) is 10.8. The molecule has 1 N–H and O–H groups in total. The summed E-state index contributed by atoms with van der Waals surface area (Å²) in [6.07, 6.45) is 4.06. The first-order valence-corrected chi connectivity index (χ1v) is 9.54. The van der Waals surface area contributed by atoms with Gasteiger partial charge in [0.15, 0.2) is 0 Å². The second-order valence-corrected chi connectivity index (χ2v) is 6.83. The standard InChI is InChI=1S/C23H25NO3/c1-2-3-4-11-16-24-20(17-12-7-5-8-13-17)19(22(26)23(24)27)21(25)18-14-9-6-10-15-18/h5-10,12-15,20,25H,2-4,11,16H2,1H3. The van der Waals surface area contributed by atoms with Crippen molar-refractivity contribution in [3.8, 4) is 0 Å². The van der Waals surface area contributed by atoms with Crippen LogP contribution < -0.4 is 0 Å². The summed E-state index contributed by atoms with van der Waals surface area (Å²) in [7, 11) is 0. The number of ketones is 1. The number of unbranched alkanes of at least 4 members (excludes halogenated alkanes) is 3. The quantitative estimate of drug-likeness (QED) is 0.336. The topological polar surface area (TPSA) is 57.6 Å². The van der Waals surface area contributed by atoms with Crippen LogP contribution in [0.3, 0.4) is 0 Å². The number of amides is 1. The van der Waals surface area contributed by atoms with E-state index in [1.807, 2.05) is 36.4 Å². The number of rotatable bonds is 7. The third-order valence-corrected chi connectivity index (χ3v) is 4.96. The van der Waals surface area contributed by atoms with Crippen LogP contribution in [-0.2, 0) is 9.59 Å². The normalized spacial score (nSPS) is 18.9. The average Bonchev–Trinajstić information content (AvgIpc) is 2.97. The fraction of sp³-hybridized carbons (Fsp3) is 0.304. The Hall–Kier alpha value is -2.88. The van der Waals surface area contributed by atoms with Crippen molar-refractivity contribution in [3.05, 3.63) is 77.4 Å². The van der Waals surface area contributed by atoms with E-state index in [-0.39, 0.29) is 11.3 Å². The molecular weight excluding hydrogens is 338 g/mol. The number of carbonyl (C=O) groups excluding carboxylic acids is 2. The van der Waals surface area contributed by atoms with Gasteiger partial charge >= 0.3 is 0 Å². The Kier molecular flexibility index (Phi) is 6.07. The molecule has 2 aromatic rings. The summed E-state index contributed by atoms with van der Waals surface area (Å²) in [6, 6.07) is 17.8. The van der Waals surface area contributed by atoms with Crippen molar-refractivity contribution >= 4 is 17.4 Å². The van der Waals surface area contributed by atoms with Crippen molar-refractivity contribution in [2.24, 2.45) is 0 Å². The minimum atomic E-state index is -0.610. The largest absolute Gasteiger partial charge is 0.507 e. The Morgan fingerprint density at radius 3 is 2.19 bits per heavy atom. The SMILES string of the molecule is CCCCCCN1C(=O)C(=O)C(=C(O)c2ccccc2)C1c1ccccc1. The highest BCUT2D eigenvalue weighted by Gasteiger charge is 2.45. The third-order valence-electron chi connectivity index (χ3n) is 4.96. The van der Waals surface area contributed by atoms with Crippen LogP contribution in [0.1, 0.15) is 49.8 Å². The van der Waals surface area contributed by atoms with E-state index in [2.05, 4.69) is 6.92 Å². The molecule has 0 radical (unpaired) electrons. The Balaban J connectivity index is 2.03. The zero-order valence-electron chi connectivity index (χ0n) is 15.6. The molecule has 1 unspecified atom stereocenters. The van der Waals surface area contributed by atoms with Gasteiger partial charge in [0.05, 0.1) is 11.6 Å². The third kappa shape index (κ3) is 3.95. The molecule has 3 rings (SSSR count). The number of hydrogen-bond acceptors (Lipinski definition) is 3. The lowest BCUT2D eigenvalue weighted by Crippen LogP contribution is -2.30. The Bertz CT molecular complexity index is 827. The predicted molar refractivity (Wildman–Crippen MR) is 106 cm³/mol. The maximum absolute atomic E-state index is 12.8. The van der Waals surface area contributed by atoms with E-state index in [9.17, 15) is 14.7 Å². The Labute approximate surface area is 160 Å². The zero-order chi connectivity index (χ0) is 19.2. The maximum atomic E-state index is 12.8. The number of aliphatic hydroxyl groups excluding tert-OH is 1. The molecule has 1 aliphatic rings. The minimum absolute atomic E-state index is 0.112. The molecule has 1 fully saturated rings. The molecule has 4 nitrogen and oxygen atoms in total. The monoisotopic (exact) mass is 363 g/mol. The van der Waals surface area contributed by atoms with Gasteiger partial charge in [-0.3, -0.25) is 9.59 Å². The first-order valence-electron chi connectivity index (χ1n) is 9.54. The highest BCUT2D eigenvalue weighted by atomic mass is 16.3. The van der Waals surface area contributed by atoms with Crippen molar-refractivity contribution < 1.29 is 14.7 Å². The molecular formula is C23H25NO3. The molecule has 2 aromatic carbocycles. The second kappa shape index (κ2) is 8.67. The van der Waals surface area contributed by atoms with E-state index in [1.165, 1.54) is 0 Å². The number of hydrogen-bond donors (Lipinski definition) is 1. The summed E-state index contributed by atoms with van der Waals surface area (Å²) in [6.45, 7) is 2.64. The van der Waals surface area contributed by atoms with E-state index >= 15 is 0 Å². The molecule has 0 bridgehead atoms. The minimum Gasteiger partial charge on any atom is -0.507 e. The smallest absolute Gasteiger partial charge is 0.295 e. The van der Waals surface area contributed by atoms with E-state index in [0.29, 0.717) is 12.1 Å². The molecule has 1 atom stereocenters. The lowest BCUT2D eigenvalue weighted by Gasteiger charge is -2.25. The van der Waals surface area contributed by atoms with Gasteiger partial charge in [0, 0.05) is 12.1 Å². The van der Waals surface area contributed by atoms with Gasteiger partial charge in [0.1, 0.15) is 5.76 Å². The van der Waals surface area contributed by atoms with Gasteiger partial charge in [-0.2, -0.15) is 0 Å². The Morgan fingerprint density at radius 2 is 1.56 bits per heavy atom. The van der Waals surface area contributed by atoms with Crippen molar-refractivity contribution in [3.63, 3.8) is 0 Å². The molecule has 140 valence electrons. The molecule has 4 heteroatoms. The number of likely N-dealkylation sites (tertiary alicyclic amines) is 1. The Morgan fingerprint density at radius 1 is 0.926 bits per heavy atom. The van der Waals surface area contributed by atoms with Crippen LogP contribution in [-0.4, -0.2) is 28.2 Å². The first kappa shape index (κ1) is 18.9.